The van der Waals surface area contributed by atoms with Crippen molar-refractivity contribution in [3.63, 3.8) is 0 Å². The van der Waals surface area contributed by atoms with Gasteiger partial charge in [-0.2, -0.15) is 0 Å². The molecule has 0 aliphatic rings. The molecule has 0 spiro atoms. The van der Waals surface area contributed by atoms with Gasteiger partial charge in [0.05, 0.1) is 16.0 Å². The van der Waals surface area contributed by atoms with Gasteiger partial charge in [-0.25, -0.2) is 4.39 Å². The summed E-state index contributed by atoms with van der Waals surface area (Å²) < 4.78 is 18.7. The number of halogens is 2. The first kappa shape index (κ1) is 14.4. The smallest absolute Gasteiger partial charge is 0.311 e. The predicted molar refractivity (Wildman–Crippen MR) is 73.2 cm³/mol. The van der Waals surface area contributed by atoms with Crippen molar-refractivity contribution in [3.05, 3.63) is 62.4 Å². The molecule has 2 aromatic carbocycles. The van der Waals surface area contributed by atoms with Crippen LogP contribution in [0.4, 0.5) is 10.1 Å². The molecule has 0 aliphatic carbocycles. The van der Waals surface area contributed by atoms with E-state index in [1.165, 1.54) is 36.4 Å². The molecule has 20 heavy (non-hydrogen) atoms. The zero-order chi connectivity index (χ0) is 14.7. The highest BCUT2D eigenvalue weighted by Crippen LogP contribution is 2.33. The predicted octanol–water partition coefficient (Wildman–Crippen LogP) is 3.78. The van der Waals surface area contributed by atoms with Crippen LogP contribution in [0.2, 0.25) is 0 Å². The van der Waals surface area contributed by atoms with Gasteiger partial charge in [0.2, 0.25) is 5.75 Å². The number of benzene rings is 2. The Morgan fingerprint density at radius 3 is 2.65 bits per heavy atom. The zero-order valence-corrected chi connectivity index (χ0v) is 11.6. The Labute approximate surface area is 121 Å². The van der Waals surface area contributed by atoms with E-state index < -0.39 is 10.7 Å². The number of hydrogen-bond donors (Lipinski definition) is 1. The number of hydrogen-bond acceptors (Lipinski definition) is 4. The SMILES string of the molecule is O=[N+]([O-])c1cc(CO)ccc1Oc1ccc(F)c(Br)c1. The summed E-state index contributed by atoms with van der Waals surface area (Å²) in [5.74, 6) is -0.175. The lowest BCUT2D eigenvalue weighted by atomic mass is 10.2. The molecule has 5 nitrogen and oxygen atoms in total. The Morgan fingerprint density at radius 1 is 1.30 bits per heavy atom. The summed E-state index contributed by atoms with van der Waals surface area (Å²) in [5.41, 5.74) is 0.140. The van der Waals surface area contributed by atoms with Gasteiger partial charge in [-0.05, 0) is 45.8 Å². The normalized spacial score (nSPS) is 10.3. The minimum Gasteiger partial charge on any atom is -0.450 e. The third kappa shape index (κ3) is 3.12. The van der Waals surface area contributed by atoms with E-state index in [1.54, 1.807) is 0 Å². The second kappa shape index (κ2) is 5.98. The summed E-state index contributed by atoms with van der Waals surface area (Å²) in [5, 5.41) is 20.0. The Bertz CT molecular complexity index is 663. The van der Waals surface area contributed by atoms with Crippen LogP contribution < -0.4 is 4.74 Å². The first-order valence-corrected chi connectivity index (χ1v) is 6.31. The number of ether oxygens (including phenoxy) is 1. The van der Waals surface area contributed by atoms with Crippen LogP contribution in [0.15, 0.2) is 40.9 Å². The van der Waals surface area contributed by atoms with Crippen molar-refractivity contribution < 1.29 is 19.2 Å². The Morgan fingerprint density at radius 2 is 2.05 bits per heavy atom. The van der Waals surface area contributed by atoms with Gasteiger partial charge in [-0.15, -0.1) is 0 Å². The third-order valence-corrected chi connectivity index (χ3v) is 3.13. The van der Waals surface area contributed by atoms with Crippen LogP contribution in [0.25, 0.3) is 0 Å². The summed E-state index contributed by atoms with van der Waals surface area (Å²) in [6, 6.07) is 8.06. The van der Waals surface area contributed by atoms with E-state index in [2.05, 4.69) is 15.9 Å². The fourth-order valence-electron chi connectivity index (χ4n) is 1.56. The first-order chi connectivity index (χ1) is 9.51. The van der Waals surface area contributed by atoms with Crippen molar-refractivity contribution in [2.75, 3.05) is 0 Å². The number of nitro groups is 1. The lowest BCUT2D eigenvalue weighted by Crippen LogP contribution is -1.95. The van der Waals surface area contributed by atoms with Crippen LogP contribution in [0.3, 0.4) is 0 Å². The number of aliphatic hydroxyl groups excluding tert-OH is 1. The van der Waals surface area contributed by atoms with Gasteiger partial charge in [-0.3, -0.25) is 10.1 Å². The Balaban J connectivity index is 2.37. The molecule has 0 saturated carbocycles. The molecular weight excluding hydrogens is 333 g/mol. The maximum Gasteiger partial charge on any atom is 0.311 e. The molecule has 0 amide bonds. The van der Waals surface area contributed by atoms with Gasteiger partial charge in [0.25, 0.3) is 0 Å². The van der Waals surface area contributed by atoms with Crippen molar-refractivity contribution in [3.8, 4) is 11.5 Å². The van der Waals surface area contributed by atoms with Gasteiger partial charge >= 0.3 is 5.69 Å². The molecule has 0 fully saturated rings. The summed E-state index contributed by atoms with van der Waals surface area (Å²) in [4.78, 5) is 10.4. The quantitative estimate of drug-likeness (QED) is 0.678. The maximum absolute atomic E-state index is 13.1. The van der Waals surface area contributed by atoms with Crippen molar-refractivity contribution in [2.45, 2.75) is 6.61 Å². The highest BCUT2D eigenvalue weighted by atomic mass is 79.9. The molecule has 0 unspecified atom stereocenters. The lowest BCUT2D eigenvalue weighted by Gasteiger charge is -2.08. The van der Waals surface area contributed by atoms with Crippen LogP contribution in [0.5, 0.6) is 11.5 Å². The maximum atomic E-state index is 13.1. The van der Waals surface area contributed by atoms with Gasteiger partial charge in [-0.1, -0.05) is 6.07 Å². The van der Waals surface area contributed by atoms with Crippen molar-refractivity contribution in [2.24, 2.45) is 0 Å². The largest absolute Gasteiger partial charge is 0.450 e. The molecule has 0 radical (unpaired) electrons. The first-order valence-electron chi connectivity index (χ1n) is 5.52. The van der Waals surface area contributed by atoms with E-state index in [4.69, 9.17) is 9.84 Å². The third-order valence-electron chi connectivity index (χ3n) is 2.52. The van der Waals surface area contributed by atoms with Gasteiger partial charge in [0, 0.05) is 6.07 Å². The van der Waals surface area contributed by atoms with E-state index in [0.29, 0.717) is 5.56 Å². The van der Waals surface area contributed by atoms with Crippen LogP contribution in [0.1, 0.15) is 5.56 Å². The monoisotopic (exact) mass is 341 g/mol. The molecule has 2 rings (SSSR count). The van der Waals surface area contributed by atoms with E-state index in [9.17, 15) is 14.5 Å². The molecule has 0 heterocycles. The van der Waals surface area contributed by atoms with Crippen molar-refractivity contribution in [1.82, 2.24) is 0 Å². The van der Waals surface area contributed by atoms with Gasteiger partial charge in [0.1, 0.15) is 11.6 Å². The molecular formula is C13H9BrFNO4. The topological polar surface area (TPSA) is 72.6 Å². The molecule has 0 saturated heterocycles. The van der Waals surface area contributed by atoms with E-state index >= 15 is 0 Å². The second-order valence-corrected chi connectivity index (χ2v) is 4.75. The molecule has 7 heteroatoms. The fourth-order valence-corrected chi connectivity index (χ4v) is 1.92. The molecule has 1 N–H and O–H groups in total. The van der Waals surface area contributed by atoms with Crippen LogP contribution >= 0.6 is 15.9 Å². The number of aliphatic hydroxyl groups is 1. The average molecular weight is 342 g/mol. The molecule has 0 atom stereocenters. The summed E-state index contributed by atoms with van der Waals surface area (Å²) in [6.45, 7) is -0.302. The van der Waals surface area contributed by atoms with Crippen LogP contribution in [-0.4, -0.2) is 10.0 Å². The summed E-state index contributed by atoms with van der Waals surface area (Å²) in [6.07, 6.45) is 0. The van der Waals surface area contributed by atoms with Crippen molar-refractivity contribution in [1.29, 1.82) is 0 Å². The molecule has 0 aliphatic heterocycles. The molecule has 0 aromatic heterocycles. The molecule has 0 bridgehead atoms. The van der Waals surface area contributed by atoms with Gasteiger partial charge < -0.3 is 9.84 Å². The average Bonchev–Trinajstić information content (AvgIpc) is 2.43. The second-order valence-electron chi connectivity index (χ2n) is 3.90. The highest BCUT2D eigenvalue weighted by molar-refractivity contribution is 9.10. The molecule has 2 aromatic rings. The summed E-state index contributed by atoms with van der Waals surface area (Å²) in [7, 11) is 0. The summed E-state index contributed by atoms with van der Waals surface area (Å²) >= 11 is 3.01. The minimum absolute atomic E-state index is 0.0192. The van der Waals surface area contributed by atoms with Crippen molar-refractivity contribution >= 4 is 21.6 Å². The Hall–Kier alpha value is -1.99. The minimum atomic E-state index is -0.604. The number of nitro benzene ring substituents is 1. The van der Waals surface area contributed by atoms with E-state index in [1.807, 2.05) is 0 Å². The van der Waals surface area contributed by atoms with Crippen LogP contribution in [-0.2, 0) is 6.61 Å². The number of rotatable bonds is 4. The fraction of sp³-hybridized carbons (Fsp3) is 0.0769. The zero-order valence-electron chi connectivity index (χ0n) is 10.0. The van der Waals surface area contributed by atoms with Gasteiger partial charge in [0.15, 0.2) is 0 Å². The number of nitrogens with zero attached hydrogens (tertiary/aromatic N) is 1. The van der Waals surface area contributed by atoms with E-state index in [0.717, 1.165) is 0 Å². The Kier molecular flexibility index (Phi) is 4.31. The van der Waals surface area contributed by atoms with Crippen LogP contribution in [0, 0.1) is 15.9 Å². The highest BCUT2D eigenvalue weighted by Gasteiger charge is 2.17. The lowest BCUT2D eigenvalue weighted by molar-refractivity contribution is -0.385. The molecule has 104 valence electrons. The van der Waals surface area contributed by atoms with E-state index in [-0.39, 0.29) is 28.3 Å². The standard InChI is InChI=1S/C13H9BrFNO4/c14-10-6-9(2-3-11(10)15)20-13-4-1-8(7-17)5-12(13)16(18)19/h1-6,17H,7H2.